The average molecular weight is 372 g/mol. The van der Waals surface area contributed by atoms with E-state index in [2.05, 4.69) is 5.32 Å². The SMILES string of the molecule is Cl.O=C(CC1CCCN1)N1CCN(C(=O)c2cccc(Cl)c2)CC1. The number of amides is 2. The van der Waals surface area contributed by atoms with E-state index in [0.717, 1.165) is 19.4 Å². The van der Waals surface area contributed by atoms with Gasteiger partial charge in [0, 0.05) is 49.2 Å². The van der Waals surface area contributed by atoms with Crippen molar-refractivity contribution in [3.63, 3.8) is 0 Å². The van der Waals surface area contributed by atoms with E-state index in [1.807, 2.05) is 4.90 Å². The first-order valence-corrected chi connectivity index (χ1v) is 8.57. The van der Waals surface area contributed by atoms with Gasteiger partial charge in [-0.2, -0.15) is 0 Å². The van der Waals surface area contributed by atoms with Gasteiger partial charge in [0.1, 0.15) is 0 Å². The lowest BCUT2D eigenvalue weighted by atomic mass is 10.1. The Hall–Kier alpha value is -1.30. The van der Waals surface area contributed by atoms with E-state index in [4.69, 9.17) is 11.6 Å². The number of hydrogen-bond acceptors (Lipinski definition) is 3. The van der Waals surface area contributed by atoms with Crippen LogP contribution in [0.3, 0.4) is 0 Å². The van der Waals surface area contributed by atoms with Crippen LogP contribution in [0, 0.1) is 0 Å². The number of carbonyl (C=O) groups excluding carboxylic acids is 2. The lowest BCUT2D eigenvalue weighted by Gasteiger charge is -2.35. The van der Waals surface area contributed by atoms with Gasteiger partial charge in [-0.1, -0.05) is 17.7 Å². The summed E-state index contributed by atoms with van der Waals surface area (Å²) < 4.78 is 0. The summed E-state index contributed by atoms with van der Waals surface area (Å²) in [6, 6.07) is 7.33. The van der Waals surface area contributed by atoms with Gasteiger partial charge in [0.25, 0.3) is 5.91 Å². The molecule has 5 nitrogen and oxygen atoms in total. The van der Waals surface area contributed by atoms with Crippen LogP contribution in [0.2, 0.25) is 5.02 Å². The maximum Gasteiger partial charge on any atom is 0.254 e. The molecule has 0 aromatic heterocycles. The summed E-state index contributed by atoms with van der Waals surface area (Å²) in [4.78, 5) is 28.4. The van der Waals surface area contributed by atoms with Crippen LogP contribution >= 0.6 is 24.0 Å². The molecule has 1 N–H and O–H groups in total. The minimum Gasteiger partial charge on any atom is -0.339 e. The first-order chi connectivity index (χ1) is 11.1. The van der Waals surface area contributed by atoms with E-state index in [1.165, 1.54) is 0 Å². The molecule has 1 aromatic rings. The third-order valence-corrected chi connectivity index (χ3v) is 4.81. The van der Waals surface area contributed by atoms with Crippen molar-refractivity contribution < 1.29 is 9.59 Å². The van der Waals surface area contributed by atoms with Crippen molar-refractivity contribution in [2.24, 2.45) is 0 Å². The maximum atomic E-state index is 12.5. The zero-order valence-corrected chi connectivity index (χ0v) is 15.1. The second-order valence-corrected chi connectivity index (χ2v) is 6.62. The second-order valence-electron chi connectivity index (χ2n) is 6.18. The molecular formula is C17H23Cl2N3O2. The molecule has 2 aliphatic rings. The quantitative estimate of drug-likeness (QED) is 0.885. The molecule has 24 heavy (non-hydrogen) atoms. The van der Waals surface area contributed by atoms with E-state index in [1.54, 1.807) is 29.2 Å². The van der Waals surface area contributed by atoms with Crippen molar-refractivity contribution in [3.8, 4) is 0 Å². The highest BCUT2D eigenvalue weighted by molar-refractivity contribution is 6.30. The molecule has 1 aromatic carbocycles. The minimum absolute atomic E-state index is 0. The molecule has 0 radical (unpaired) electrons. The maximum absolute atomic E-state index is 12.5. The fourth-order valence-electron chi connectivity index (χ4n) is 3.23. The summed E-state index contributed by atoms with van der Waals surface area (Å²) in [6.45, 7) is 3.39. The van der Waals surface area contributed by atoms with Gasteiger partial charge in [0.05, 0.1) is 0 Å². The van der Waals surface area contributed by atoms with E-state index >= 15 is 0 Å². The van der Waals surface area contributed by atoms with Crippen LogP contribution in [0.25, 0.3) is 0 Å². The van der Waals surface area contributed by atoms with Gasteiger partial charge in [-0.25, -0.2) is 0 Å². The van der Waals surface area contributed by atoms with Crippen LogP contribution in [-0.4, -0.2) is 60.4 Å². The number of benzene rings is 1. The number of carbonyl (C=O) groups is 2. The zero-order valence-electron chi connectivity index (χ0n) is 13.5. The Morgan fingerprint density at radius 2 is 1.88 bits per heavy atom. The molecule has 3 rings (SSSR count). The lowest BCUT2D eigenvalue weighted by Crippen LogP contribution is -2.51. The van der Waals surface area contributed by atoms with Gasteiger partial charge in [-0.05, 0) is 37.6 Å². The van der Waals surface area contributed by atoms with Crippen LogP contribution in [0.5, 0.6) is 0 Å². The number of rotatable bonds is 3. The Labute approximate surface area is 153 Å². The molecule has 0 saturated carbocycles. The second kappa shape index (κ2) is 8.70. The predicted octanol–water partition coefficient (Wildman–Crippen LogP) is 2.19. The summed E-state index contributed by atoms with van der Waals surface area (Å²) >= 11 is 5.94. The first kappa shape index (κ1) is 19.0. The van der Waals surface area contributed by atoms with Gasteiger partial charge in [-0.3, -0.25) is 9.59 Å². The van der Waals surface area contributed by atoms with Gasteiger partial charge in [0.2, 0.25) is 5.91 Å². The summed E-state index contributed by atoms with van der Waals surface area (Å²) in [6.07, 6.45) is 2.81. The Bertz CT molecular complexity index is 583. The molecule has 7 heteroatoms. The van der Waals surface area contributed by atoms with E-state index in [-0.39, 0.29) is 24.2 Å². The number of nitrogens with zero attached hydrogens (tertiary/aromatic N) is 2. The Balaban J connectivity index is 0.00000208. The molecule has 1 atom stereocenters. The number of hydrogen-bond donors (Lipinski definition) is 1. The Morgan fingerprint density at radius 3 is 2.50 bits per heavy atom. The Morgan fingerprint density at radius 1 is 1.17 bits per heavy atom. The molecule has 1 unspecified atom stereocenters. The summed E-state index contributed by atoms with van der Waals surface area (Å²) in [5, 5.41) is 3.92. The normalized spacial score (nSPS) is 20.6. The third-order valence-electron chi connectivity index (χ3n) is 4.57. The molecule has 132 valence electrons. The van der Waals surface area contributed by atoms with E-state index in [9.17, 15) is 9.59 Å². The van der Waals surface area contributed by atoms with Gasteiger partial charge >= 0.3 is 0 Å². The van der Waals surface area contributed by atoms with Crippen molar-refractivity contribution in [3.05, 3.63) is 34.9 Å². The number of piperazine rings is 1. The number of halogens is 2. The van der Waals surface area contributed by atoms with E-state index in [0.29, 0.717) is 49.2 Å². The molecule has 0 bridgehead atoms. The van der Waals surface area contributed by atoms with Crippen molar-refractivity contribution in [2.75, 3.05) is 32.7 Å². The summed E-state index contributed by atoms with van der Waals surface area (Å²) in [5.41, 5.74) is 0.604. The third kappa shape index (κ3) is 4.62. The van der Waals surface area contributed by atoms with E-state index < -0.39 is 0 Å². The average Bonchev–Trinajstić information content (AvgIpc) is 3.07. The standard InChI is InChI=1S/C17H22ClN3O2.ClH/c18-14-4-1-3-13(11-14)17(23)21-9-7-20(8-10-21)16(22)12-15-5-2-6-19-15;/h1,3-4,11,15,19H,2,5-10,12H2;1H. The van der Waals surface area contributed by atoms with Crippen LogP contribution in [0.1, 0.15) is 29.6 Å². The van der Waals surface area contributed by atoms with Gasteiger partial charge < -0.3 is 15.1 Å². The fourth-order valence-corrected chi connectivity index (χ4v) is 3.42. The van der Waals surface area contributed by atoms with Crippen molar-refractivity contribution in [2.45, 2.75) is 25.3 Å². The van der Waals surface area contributed by atoms with Crippen LogP contribution in [0.4, 0.5) is 0 Å². The largest absolute Gasteiger partial charge is 0.339 e. The molecule has 2 heterocycles. The molecule has 2 fully saturated rings. The van der Waals surface area contributed by atoms with Crippen molar-refractivity contribution in [1.82, 2.24) is 15.1 Å². The number of nitrogens with one attached hydrogen (secondary N) is 1. The summed E-state index contributed by atoms with van der Waals surface area (Å²) in [7, 11) is 0. The van der Waals surface area contributed by atoms with Crippen LogP contribution < -0.4 is 5.32 Å². The Kier molecular flexibility index (Phi) is 6.90. The first-order valence-electron chi connectivity index (χ1n) is 8.19. The molecular weight excluding hydrogens is 349 g/mol. The smallest absolute Gasteiger partial charge is 0.254 e. The van der Waals surface area contributed by atoms with Crippen LogP contribution in [-0.2, 0) is 4.79 Å². The zero-order chi connectivity index (χ0) is 16.2. The summed E-state index contributed by atoms with van der Waals surface area (Å²) in [5.74, 6) is 0.177. The molecule has 2 saturated heterocycles. The highest BCUT2D eigenvalue weighted by Crippen LogP contribution is 2.15. The van der Waals surface area contributed by atoms with Crippen molar-refractivity contribution in [1.29, 1.82) is 0 Å². The predicted molar refractivity (Wildman–Crippen MR) is 96.8 cm³/mol. The highest BCUT2D eigenvalue weighted by atomic mass is 35.5. The van der Waals surface area contributed by atoms with Crippen molar-refractivity contribution >= 4 is 35.8 Å². The van der Waals surface area contributed by atoms with Gasteiger partial charge in [0.15, 0.2) is 0 Å². The highest BCUT2D eigenvalue weighted by Gasteiger charge is 2.27. The molecule has 2 amide bonds. The monoisotopic (exact) mass is 371 g/mol. The minimum atomic E-state index is -0.0166. The lowest BCUT2D eigenvalue weighted by molar-refractivity contribution is -0.133. The topological polar surface area (TPSA) is 52.7 Å². The molecule has 0 spiro atoms. The van der Waals surface area contributed by atoms with Gasteiger partial charge in [-0.15, -0.1) is 12.4 Å². The molecule has 2 aliphatic heterocycles. The van der Waals surface area contributed by atoms with Crippen LogP contribution in [0.15, 0.2) is 24.3 Å². The fraction of sp³-hybridized carbons (Fsp3) is 0.529. The molecule has 0 aliphatic carbocycles.